The number of halogens is 1. The molecule has 6 nitrogen and oxygen atoms in total. The van der Waals surface area contributed by atoms with Crippen molar-refractivity contribution in [2.75, 3.05) is 0 Å². The number of nitrogens with zero attached hydrogens (tertiary/aromatic N) is 2. The average molecular weight is 434 g/mol. The predicted octanol–water partition coefficient (Wildman–Crippen LogP) is 3.06. The van der Waals surface area contributed by atoms with Crippen molar-refractivity contribution in [3.05, 3.63) is 58.8 Å². The predicted molar refractivity (Wildman–Crippen MR) is 101 cm³/mol. The summed E-state index contributed by atoms with van der Waals surface area (Å²) in [5.41, 5.74) is 0.802. The minimum absolute atomic E-state index is 0.0362. The topological polar surface area (TPSA) is 81.1 Å². The van der Waals surface area contributed by atoms with Gasteiger partial charge in [0.25, 0.3) is 10.0 Å². The summed E-state index contributed by atoms with van der Waals surface area (Å²) in [6, 6.07) is 11.7. The maximum Gasteiger partial charge on any atom is 0.269 e. The van der Waals surface area contributed by atoms with Crippen LogP contribution < -0.4 is 5.32 Å². The first-order chi connectivity index (χ1) is 12.5. The van der Waals surface area contributed by atoms with Crippen LogP contribution in [0.4, 0.5) is 0 Å². The summed E-state index contributed by atoms with van der Waals surface area (Å²) in [7, 11) is -3.84. The van der Waals surface area contributed by atoms with Crippen LogP contribution in [-0.2, 0) is 21.4 Å². The molecule has 0 saturated heterocycles. The lowest BCUT2D eigenvalue weighted by Gasteiger charge is -2.12. The van der Waals surface area contributed by atoms with Gasteiger partial charge in [-0.1, -0.05) is 18.2 Å². The van der Waals surface area contributed by atoms with E-state index in [9.17, 15) is 13.2 Å². The molecule has 1 aromatic carbocycles. The monoisotopic (exact) mass is 433 g/mol. The molecule has 2 aromatic heterocycles. The number of fused-ring (bicyclic) bond motifs is 1. The summed E-state index contributed by atoms with van der Waals surface area (Å²) >= 11 is 3.45. The van der Waals surface area contributed by atoms with Crippen molar-refractivity contribution in [2.45, 2.75) is 24.3 Å². The summed E-state index contributed by atoms with van der Waals surface area (Å²) in [6.07, 6.45) is 3.34. The minimum atomic E-state index is -3.84. The van der Waals surface area contributed by atoms with Crippen molar-refractivity contribution in [3.63, 3.8) is 0 Å². The Balaban J connectivity index is 1.84. The Hall–Kier alpha value is -2.19. The third kappa shape index (κ3) is 3.03. The first-order valence-electron chi connectivity index (χ1n) is 8.21. The van der Waals surface area contributed by atoms with Crippen LogP contribution in [0.25, 0.3) is 11.0 Å². The van der Waals surface area contributed by atoms with Crippen LogP contribution in [0, 0.1) is 5.92 Å². The second kappa shape index (κ2) is 6.51. The van der Waals surface area contributed by atoms with Crippen molar-refractivity contribution < 1.29 is 13.2 Å². The Morgan fingerprint density at radius 1 is 1.23 bits per heavy atom. The van der Waals surface area contributed by atoms with Gasteiger partial charge in [0, 0.05) is 22.0 Å². The lowest BCUT2D eigenvalue weighted by atomic mass is 10.3. The summed E-state index contributed by atoms with van der Waals surface area (Å²) in [6.45, 7) is 0.129. The number of hydrogen-bond acceptors (Lipinski definition) is 4. The zero-order valence-electron chi connectivity index (χ0n) is 13.7. The first-order valence-corrected chi connectivity index (χ1v) is 10.4. The number of pyridine rings is 1. The zero-order chi connectivity index (χ0) is 18.3. The highest BCUT2D eigenvalue weighted by molar-refractivity contribution is 9.10. The van der Waals surface area contributed by atoms with E-state index in [0.29, 0.717) is 16.7 Å². The van der Waals surface area contributed by atoms with Gasteiger partial charge in [0.1, 0.15) is 0 Å². The first kappa shape index (κ1) is 17.2. The molecule has 0 unspecified atom stereocenters. The molecule has 1 aliphatic rings. The van der Waals surface area contributed by atoms with Crippen molar-refractivity contribution >= 4 is 42.9 Å². The van der Waals surface area contributed by atoms with Crippen LogP contribution in [0.2, 0.25) is 0 Å². The van der Waals surface area contributed by atoms with Crippen molar-refractivity contribution in [2.24, 2.45) is 5.92 Å². The highest BCUT2D eigenvalue weighted by Crippen LogP contribution is 2.31. The highest BCUT2D eigenvalue weighted by atomic mass is 79.9. The number of amides is 1. The Labute approximate surface area is 159 Å². The maximum atomic E-state index is 13.2. The lowest BCUT2D eigenvalue weighted by molar-refractivity contribution is -0.122. The van der Waals surface area contributed by atoms with E-state index < -0.39 is 10.0 Å². The Morgan fingerprint density at radius 3 is 2.65 bits per heavy atom. The molecule has 1 amide bonds. The average Bonchev–Trinajstić information content (AvgIpc) is 3.41. The van der Waals surface area contributed by atoms with E-state index in [2.05, 4.69) is 26.2 Å². The number of nitrogens with one attached hydrogen (secondary N) is 1. The quantitative estimate of drug-likeness (QED) is 0.670. The van der Waals surface area contributed by atoms with E-state index in [1.165, 1.54) is 3.97 Å². The molecule has 0 radical (unpaired) electrons. The molecule has 26 heavy (non-hydrogen) atoms. The second-order valence-corrected chi connectivity index (χ2v) is 8.88. The molecule has 1 aliphatic carbocycles. The van der Waals surface area contributed by atoms with Gasteiger partial charge in [-0.3, -0.25) is 4.79 Å². The van der Waals surface area contributed by atoms with Gasteiger partial charge in [0.15, 0.2) is 5.65 Å². The molecule has 1 saturated carbocycles. The van der Waals surface area contributed by atoms with E-state index in [4.69, 9.17) is 0 Å². The molecule has 3 aromatic rings. The fourth-order valence-corrected chi connectivity index (χ4v) is 4.77. The number of carbonyl (C=O) groups excluding carboxylic acids is 1. The van der Waals surface area contributed by atoms with Crippen LogP contribution in [0.5, 0.6) is 0 Å². The van der Waals surface area contributed by atoms with E-state index in [1.807, 2.05) is 0 Å². The standard InChI is InChI=1S/C18H16BrN3O3S/c19-16-8-9-20-17-15(16)10-13(11-21-18(23)12-6-7-12)22(17)26(24,25)14-4-2-1-3-5-14/h1-5,8-10,12H,6-7,11H2,(H,21,23). The van der Waals surface area contributed by atoms with Gasteiger partial charge in [-0.05, 0) is 53.0 Å². The van der Waals surface area contributed by atoms with Gasteiger partial charge >= 0.3 is 0 Å². The molecule has 2 heterocycles. The fourth-order valence-electron chi connectivity index (χ4n) is 2.85. The van der Waals surface area contributed by atoms with Crippen molar-refractivity contribution in [3.8, 4) is 0 Å². The Bertz CT molecular complexity index is 1090. The molecule has 0 bridgehead atoms. The van der Waals surface area contributed by atoms with Gasteiger partial charge < -0.3 is 5.32 Å². The number of hydrogen-bond donors (Lipinski definition) is 1. The van der Waals surface area contributed by atoms with Crippen LogP contribution in [0.1, 0.15) is 18.5 Å². The molecule has 134 valence electrons. The normalized spacial score (nSPS) is 14.5. The lowest BCUT2D eigenvalue weighted by Crippen LogP contribution is -2.27. The van der Waals surface area contributed by atoms with Crippen LogP contribution >= 0.6 is 15.9 Å². The van der Waals surface area contributed by atoms with Crippen molar-refractivity contribution in [1.82, 2.24) is 14.3 Å². The molecule has 0 spiro atoms. The molecule has 0 atom stereocenters. The number of rotatable bonds is 5. The van der Waals surface area contributed by atoms with Crippen LogP contribution in [0.3, 0.4) is 0 Å². The zero-order valence-corrected chi connectivity index (χ0v) is 16.1. The third-order valence-corrected chi connectivity index (χ3v) is 6.80. The summed E-state index contributed by atoms with van der Waals surface area (Å²) in [4.78, 5) is 16.4. The smallest absolute Gasteiger partial charge is 0.269 e. The Kier molecular flexibility index (Phi) is 4.32. The van der Waals surface area contributed by atoms with E-state index in [-0.39, 0.29) is 23.3 Å². The molecular formula is C18H16BrN3O3S. The van der Waals surface area contributed by atoms with Gasteiger partial charge in [0.2, 0.25) is 5.91 Å². The molecule has 8 heteroatoms. The summed E-state index contributed by atoms with van der Waals surface area (Å²) < 4.78 is 28.4. The largest absolute Gasteiger partial charge is 0.350 e. The van der Waals surface area contributed by atoms with Gasteiger partial charge in [-0.25, -0.2) is 17.4 Å². The summed E-state index contributed by atoms with van der Waals surface area (Å²) in [5.74, 6) is 0.0226. The van der Waals surface area contributed by atoms with E-state index >= 15 is 0 Å². The summed E-state index contributed by atoms with van der Waals surface area (Å²) in [5, 5.41) is 3.52. The maximum absolute atomic E-state index is 13.2. The molecule has 1 fully saturated rings. The Morgan fingerprint density at radius 2 is 1.96 bits per heavy atom. The van der Waals surface area contributed by atoms with Crippen LogP contribution in [0.15, 0.2) is 58.0 Å². The molecule has 0 aliphatic heterocycles. The molecule has 1 N–H and O–H groups in total. The number of aromatic nitrogens is 2. The number of carbonyl (C=O) groups is 1. The minimum Gasteiger partial charge on any atom is -0.350 e. The van der Waals surface area contributed by atoms with Crippen LogP contribution in [-0.4, -0.2) is 23.3 Å². The highest BCUT2D eigenvalue weighted by Gasteiger charge is 2.30. The van der Waals surface area contributed by atoms with Gasteiger partial charge in [-0.15, -0.1) is 0 Å². The van der Waals surface area contributed by atoms with Crippen molar-refractivity contribution in [1.29, 1.82) is 0 Å². The molecular weight excluding hydrogens is 418 g/mol. The van der Waals surface area contributed by atoms with E-state index in [0.717, 1.165) is 17.3 Å². The molecule has 4 rings (SSSR count). The fraction of sp³-hybridized carbons (Fsp3) is 0.222. The third-order valence-electron chi connectivity index (χ3n) is 4.35. The second-order valence-electron chi connectivity index (χ2n) is 6.24. The number of benzene rings is 1. The van der Waals surface area contributed by atoms with E-state index in [1.54, 1.807) is 48.7 Å². The van der Waals surface area contributed by atoms with Gasteiger partial charge in [-0.2, -0.15) is 0 Å². The SMILES string of the molecule is O=C(NCc1cc2c(Br)ccnc2n1S(=O)(=O)c1ccccc1)C1CC1. The van der Waals surface area contributed by atoms with Gasteiger partial charge in [0.05, 0.1) is 17.1 Å².